The lowest BCUT2D eigenvalue weighted by atomic mass is 10.0. The first-order chi connectivity index (χ1) is 8.86. The highest BCUT2D eigenvalue weighted by atomic mass is 19.4. The Hall–Kier alpha value is -1.85. The molecule has 2 aromatic heterocycles. The van der Waals surface area contributed by atoms with Crippen molar-refractivity contribution in [2.75, 3.05) is 0 Å². The maximum atomic E-state index is 12.4. The normalized spacial score (nSPS) is 12.1. The molecule has 0 spiro atoms. The molecule has 0 saturated carbocycles. The summed E-state index contributed by atoms with van der Waals surface area (Å²) in [5.74, 6) is 0.509. The minimum atomic E-state index is -4.41. The summed E-state index contributed by atoms with van der Waals surface area (Å²) >= 11 is 0. The Labute approximate surface area is 108 Å². The van der Waals surface area contributed by atoms with Crippen molar-refractivity contribution in [1.82, 2.24) is 15.2 Å². The lowest BCUT2D eigenvalue weighted by Crippen LogP contribution is -2.04. The molecule has 0 aliphatic heterocycles. The molecule has 0 atom stereocenters. The lowest BCUT2D eigenvalue weighted by Gasteiger charge is -2.04. The number of rotatable bonds is 3. The molecule has 0 amide bonds. The Morgan fingerprint density at radius 1 is 1.21 bits per heavy atom. The second kappa shape index (κ2) is 5.03. The van der Waals surface area contributed by atoms with Crippen LogP contribution in [0, 0.1) is 5.92 Å². The first-order valence-electron chi connectivity index (χ1n) is 5.94. The maximum absolute atomic E-state index is 12.4. The Morgan fingerprint density at radius 2 is 1.95 bits per heavy atom. The number of hydrogen-bond acceptors (Lipinski definition) is 2. The van der Waals surface area contributed by atoms with E-state index in [0.29, 0.717) is 11.6 Å². The summed E-state index contributed by atoms with van der Waals surface area (Å²) in [6, 6.07) is 4.52. The smallest absolute Gasteiger partial charge is 0.273 e. The Bertz CT molecular complexity index is 541. The van der Waals surface area contributed by atoms with Gasteiger partial charge in [0, 0.05) is 6.20 Å². The molecule has 3 nitrogen and oxygen atoms in total. The van der Waals surface area contributed by atoms with E-state index in [4.69, 9.17) is 0 Å². The van der Waals surface area contributed by atoms with Gasteiger partial charge in [-0.15, -0.1) is 0 Å². The third kappa shape index (κ3) is 3.33. The second-order valence-corrected chi connectivity index (χ2v) is 4.81. The maximum Gasteiger partial charge on any atom is 0.432 e. The van der Waals surface area contributed by atoms with Crippen LogP contribution in [0.4, 0.5) is 13.2 Å². The number of aromatic amines is 1. The highest BCUT2D eigenvalue weighted by molar-refractivity contribution is 5.54. The van der Waals surface area contributed by atoms with Gasteiger partial charge in [0.05, 0.1) is 5.69 Å². The SMILES string of the molecule is CC(C)Cc1ccc(-c2cc(C(F)(F)F)[nH]n2)nc1. The number of halogens is 3. The summed E-state index contributed by atoms with van der Waals surface area (Å²) in [7, 11) is 0. The molecule has 1 N–H and O–H groups in total. The van der Waals surface area contributed by atoms with Gasteiger partial charge in [0.25, 0.3) is 0 Å². The number of alkyl halides is 3. The molecule has 102 valence electrons. The molecule has 2 heterocycles. The van der Waals surface area contributed by atoms with Crippen molar-refractivity contribution >= 4 is 0 Å². The highest BCUT2D eigenvalue weighted by Crippen LogP contribution is 2.29. The van der Waals surface area contributed by atoms with Crippen LogP contribution in [-0.2, 0) is 12.6 Å². The minimum Gasteiger partial charge on any atom is -0.273 e. The van der Waals surface area contributed by atoms with Gasteiger partial charge in [-0.25, -0.2) is 0 Å². The predicted octanol–water partition coefficient (Wildman–Crippen LogP) is 3.69. The van der Waals surface area contributed by atoms with Crippen LogP contribution in [-0.4, -0.2) is 15.2 Å². The van der Waals surface area contributed by atoms with Crippen LogP contribution < -0.4 is 0 Å². The predicted molar refractivity (Wildman–Crippen MR) is 65.4 cm³/mol. The van der Waals surface area contributed by atoms with Gasteiger partial charge >= 0.3 is 6.18 Å². The largest absolute Gasteiger partial charge is 0.432 e. The van der Waals surface area contributed by atoms with Gasteiger partial charge in [0.15, 0.2) is 0 Å². The zero-order chi connectivity index (χ0) is 14.0. The summed E-state index contributed by atoms with van der Waals surface area (Å²) in [5, 5.41) is 5.61. The monoisotopic (exact) mass is 269 g/mol. The Balaban J connectivity index is 2.20. The zero-order valence-corrected chi connectivity index (χ0v) is 10.6. The molecule has 2 rings (SSSR count). The van der Waals surface area contributed by atoms with Gasteiger partial charge in [-0.2, -0.15) is 18.3 Å². The molecule has 0 aliphatic carbocycles. The van der Waals surface area contributed by atoms with Crippen LogP contribution in [0.15, 0.2) is 24.4 Å². The van der Waals surface area contributed by atoms with Crippen LogP contribution in [0.5, 0.6) is 0 Å². The van der Waals surface area contributed by atoms with Crippen LogP contribution in [0.2, 0.25) is 0 Å². The minimum absolute atomic E-state index is 0.198. The summed E-state index contributed by atoms with van der Waals surface area (Å²) in [6.45, 7) is 4.19. The molecule has 0 unspecified atom stereocenters. The van der Waals surface area contributed by atoms with E-state index in [1.165, 1.54) is 0 Å². The number of H-pyrrole nitrogens is 1. The van der Waals surface area contributed by atoms with E-state index in [1.54, 1.807) is 12.3 Å². The van der Waals surface area contributed by atoms with Crippen molar-refractivity contribution in [1.29, 1.82) is 0 Å². The van der Waals surface area contributed by atoms with E-state index in [1.807, 2.05) is 11.2 Å². The molecule has 0 aromatic carbocycles. The Kier molecular flexibility index (Phi) is 3.59. The number of aromatic nitrogens is 3. The molecule has 6 heteroatoms. The molecule has 0 saturated heterocycles. The zero-order valence-electron chi connectivity index (χ0n) is 10.6. The van der Waals surface area contributed by atoms with Crippen molar-refractivity contribution in [2.24, 2.45) is 5.92 Å². The number of pyridine rings is 1. The van der Waals surface area contributed by atoms with Crippen LogP contribution in [0.1, 0.15) is 25.1 Å². The van der Waals surface area contributed by atoms with E-state index >= 15 is 0 Å². The molecule has 0 fully saturated rings. The van der Waals surface area contributed by atoms with Gasteiger partial charge in [-0.3, -0.25) is 10.1 Å². The first-order valence-corrected chi connectivity index (χ1v) is 5.94. The highest BCUT2D eigenvalue weighted by Gasteiger charge is 2.33. The van der Waals surface area contributed by atoms with Crippen molar-refractivity contribution in [3.63, 3.8) is 0 Å². The topological polar surface area (TPSA) is 41.6 Å². The van der Waals surface area contributed by atoms with E-state index in [0.717, 1.165) is 18.1 Å². The van der Waals surface area contributed by atoms with E-state index in [-0.39, 0.29) is 5.69 Å². The molecular weight excluding hydrogens is 255 g/mol. The summed E-state index contributed by atoms with van der Waals surface area (Å²) in [5.41, 5.74) is 0.823. The third-order valence-electron chi connectivity index (χ3n) is 2.61. The molecule has 19 heavy (non-hydrogen) atoms. The van der Waals surface area contributed by atoms with Crippen molar-refractivity contribution < 1.29 is 13.2 Å². The third-order valence-corrected chi connectivity index (χ3v) is 2.61. The summed E-state index contributed by atoms with van der Waals surface area (Å²) in [4.78, 5) is 4.15. The van der Waals surface area contributed by atoms with Crippen molar-refractivity contribution in [2.45, 2.75) is 26.4 Å². The number of nitrogens with zero attached hydrogens (tertiary/aromatic N) is 2. The van der Waals surface area contributed by atoms with Gasteiger partial charge in [-0.1, -0.05) is 19.9 Å². The summed E-state index contributed by atoms with van der Waals surface area (Å²) < 4.78 is 37.3. The van der Waals surface area contributed by atoms with Crippen molar-refractivity contribution in [3.8, 4) is 11.4 Å². The fourth-order valence-corrected chi connectivity index (χ4v) is 1.77. The van der Waals surface area contributed by atoms with Gasteiger partial charge in [-0.05, 0) is 30.0 Å². The average molecular weight is 269 g/mol. The van der Waals surface area contributed by atoms with Crippen LogP contribution in [0.3, 0.4) is 0 Å². The summed E-state index contributed by atoms with van der Waals surface area (Å²) in [6.07, 6.45) is -1.85. The molecular formula is C13H14F3N3. The number of hydrogen-bond donors (Lipinski definition) is 1. The fraction of sp³-hybridized carbons (Fsp3) is 0.385. The van der Waals surface area contributed by atoms with Crippen LogP contribution in [0.25, 0.3) is 11.4 Å². The van der Waals surface area contributed by atoms with Crippen LogP contribution >= 0.6 is 0 Å². The van der Waals surface area contributed by atoms with E-state index in [2.05, 4.69) is 23.9 Å². The van der Waals surface area contributed by atoms with Gasteiger partial charge in [0.1, 0.15) is 11.4 Å². The van der Waals surface area contributed by atoms with Crippen molar-refractivity contribution in [3.05, 3.63) is 35.7 Å². The average Bonchev–Trinajstić information content (AvgIpc) is 2.78. The number of nitrogens with one attached hydrogen (secondary N) is 1. The quantitative estimate of drug-likeness (QED) is 0.923. The lowest BCUT2D eigenvalue weighted by molar-refractivity contribution is -0.141. The molecule has 2 aromatic rings. The Morgan fingerprint density at radius 3 is 2.42 bits per heavy atom. The molecule has 0 bridgehead atoms. The van der Waals surface area contributed by atoms with Gasteiger partial charge in [0.2, 0.25) is 0 Å². The van der Waals surface area contributed by atoms with E-state index < -0.39 is 11.9 Å². The van der Waals surface area contributed by atoms with E-state index in [9.17, 15) is 13.2 Å². The molecule has 0 radical (unpaired) electrons. The first kappa shape index (κ1) is 13.6. The second-order valence-electron chi connectivity index (χ2n) is 4.81. The van der Waals surface area contributed by atoms with Gasteiger partial charge < -0.3 is 0 Å². The molecule has 0 aliphatic rings. The standard InChI is InChI=1S/C13H14F3N3/c1-8(2)5-9-3-4-10(17-7-9)11-6-12(19-18-11)13(14,15)16/h3-4,6-8H,5H2,1-2H3,(H,18,19). The fourth-order valence-electron chi connectivity index (χ4n) is 1.77.